The van der Waals surface area contributed by atoms with Crippen LogP contribution in [0.5, 0.6) is 0 Å². The molecule has 0 fully saturated rings. The van der Waals surface area contributed by atoms with Gasteiger partial charge >= 0.3 is 19.3 Å². The van der Waals surface area contributed by atoms with Gasteiger partial charge in [0.1, 0.15) is 0 Å². The molecular formula is C26H22BrF2N2O6P. The Bertz CT molecular complexity index is 1530. The van der Waals surface area contributed by atoms with E-state index in [2.05, 4.69) is 25.4 Å². The van der Waals surface area contributed by atoms with Gasteiger partial charge in [-0.25, -0.2) is 9.59 Å². The minimum atomic E-state index is -4.56. The van der Waals surface area contributed by atoms with Crippen LogP contribution in [0, 0.1) is 0 Å². The summed E-state index contributed by atoms with van der Waals surface area (Å²) in [6.45, 7) is 0.463. The Hall–Kier alpha value is -3.37. The fourth-order valence-electron chi connectivity index (χ4n) is 3.96. The molecule has 198 valence electrons. The molecule has 8 nitrogen and oxygen atoms in total. The number of methoxy groups -OCH3 is 1. The molecule has 1 aromatic heterocycles. The number of esters is 1. The Morgan fingerprint density at radius 2 is 1.61 bits per heavy atom. The molecule has 0 saturated carbocycles. The van der Waals surface area contributed by atoms with Crippen molar-refractivity contribution in [2.75, 3.05) is 7.11 Å². The van der Waals surface area contributed by atoms with Gasteiger partial charge in [0.25, 0.3) is 0 Å². The van der Waals surface area contributed by atoms with Crippen LogP contribution in [0.3, 0.4) is 0 Å². The van der Waals surface area contributed by atoms with Crippen LogP contribution in [0.1, 0.15) is 27.0 Å². The van der Waals surface area contributed by atoms with Crippen molar-refractivity contribution in [3.05, 3.63) is 116 Å². The second-order valence-electron chi connectivity index (χ2n) is 8.40. The molecule has 0 aliphatic heterocycles. The smallest absolute Gasteiger partial charge is 0.399 e. The molecule has 3 aromatic carbocycles. The summed E-state index contributed by atoms with van der Waals surface area (Å²) in [6, 6.07) is 21.1. The normalized spacial score (nSPS) is 11.5. The van der Waals surface area contributed by atoms with E-state index < -0.39 is 19.7 Å². The third kappa shape index (κ3) is 6.19. The number of hydrogen-bond donors (Lipinski definition) is 0. The summed E-state index contributed by atoms with van der Waals surface area (Å²) >= 11 is 3.32. The number of carbonyl (C=O) groups excluding carboxylic acids is 1. The second-order valence-corrected chi connectivity index (χ2v) is 11.1. The molecule has 0 aliphatic carbocycles. The maximum Gasteiger partial charge on any atom is 0.399 e. The molecule has 0 N–H and O–H groups in total. The SMILES string of the molecule is COC(=O)c1ccc(Cn2cc(-c3ccccc3)n(Cc3ccc(CP(=O)(OF)OF)c(Br)c3)c2=O)cc1. The summed E-state index contributed by atoms with van der Waals surface area (Å²) in [5, 5.41) is 0. The van der Waals surface area contributed by atoms with Crippen LogP contribution in [-0.4, -0.2) is 22.2 Å². The van der Waals surface area contributed by atoms with Gasteiger partial charge < -0.3 is 4.74 Å². The van der Waals surface area contributed by atoms with Gasteiger partial charge in [0.15, 0.2) is 0 Å². The first-order valence-corrected chi connectivity index (χ1v) is 13.8. The third-order valence-corrected chi connectivity index (χ3v) is 7.76. The van der Waals surface area contributed by atoms with Crippen LogP contribution >= 0.6 is 23.5 Å². The van der Waals surface area contributed by atoms with E-state index in [1.165, 1.54) is 13.2 Å². The van der Waals surface area contributed by atoms with E-state index in [0.29, 0.717) is 26.9 Å². The highest BCUT2D eigenvalue weighted by Crippen LogP contribution is 2.53. The summed E-state index contributed by atoms with van der Waals surface area (Å²) < 4.78 is 51.6. The van der Waals surface area contributed by atoms with Crippen LogP contribution in [0.4, 0.5) is 9.05 Å². The monoisotopic (exact) mass is 606 g/mol. The van der Waals surface area contributed by atoms with Crippen molar-refractivity contribution in [1.82, 2.24) is 9.13 Å². The van der Waals surface area contributed by atoms with Gasteiger partial charge in [-0.05, 0) is 49.5 Å². The van der Waals surface area contributed by atoms with Gasteiger partial charge in [-0.1, -0.05) is 70.5 Å². The highest BCUT2D eigenvalue weighted by Gasteiger charge is 2.29. The molecule has 0 bridgehead atoms. The Labute approximate surface area is 224 Å². The number of nitrogens with zero attached hydrogens (tertiary/aromatic N) is 2. The quantitative estimate of drug-likeness (QED) is 0.152. The minimum absolute atomic E-state index is 0.188. The number of aromatic nitrogens is 2. The number of hydrogen-bond acceptors (Lipinski definition) is 6. The topological polar surface area (TPSA) is 88.8 Å². The Kier molecular flexibility index (Phi) is 8.73. The van der Waals surface area contributed by atoms with Crippen molar-refractivity contribution in [1.29, 1.82) is 0 Å². The molecule has 0 atom stereocenters. The summed E-state index contributed by atoms with van der Waals surface area (Å²) in [7, 11) is -3.25. The van der Waals surface area contributed by atoms with Crippen molar-refractivity contribution in [2.45, 2.75) is 19.3 Å². The third-order valence-electron chi connectivity index (χ3n) is 5.88. The van der Waals surface area contributed by atoms with Crippen LogP contribution in [0.2, 0.25) is 0 Å². The van der Waals surface area contributed by atoms with Crippen molar-refractivity contribution in [3.8, 4) is 11.3 Å². The average molecular weight is 607 g/mol. The number of imidazole rings is 1. The number of benzene rings is 3. The van der Waals surface area contributed by atoms with Crippen molar-refractivity contribution in [3.63, 3.8) is 0 Å². The molecule has 0 aliphatic rings. The van der Waals surface area contributed by atoms with Crippen LogP contribution in [0.15, 0.2) is 88.3 Å². The standard InChI is InChI=1S/C26H22BrF2N2O6P/c1-35-25(32)21-10-7-18(8-11-21)14-30-16-24(20-5-3-2-4-6-20)31(26(30)33)15-19-9-12-22(23(27)13-19)17-38(34,36-28)37-29/h2-13,16H,14-15,17H2,1H3. The summed E-state index contributed by atoms with van der Waals surface area (Å²) in [5.41, 5.74) is 3.49. The van der Waals surface area contributed by atoms with E-state index in [0.717, 1.165) is 11.1 Å². The lowest BCUT2D eigenvalue weighted by Crippen LogP contribution is -2.25. The molecule has 1 heterocycles. The van der Waals surface area contributed by atoms with Gasteiger partial charge in [0.05, 0.1) is 37.6 Å². The van der Waals surface area contributed by atoms with Crippen LogP contribution < -0.4 is 5.69 Å². The lowest BCUT2D eigenvalue weighted by atomic mass is 10.1. The van der Waals surface area contributed by atoms with Gasteiger partial charge in [0, 0.05) is 10.7 Å². The molecule has 0 unspecified atom stereocenters. The van der Waals surface area contributed by atoms with Gasteiger partial charge in [-0.3, -0.25) is 13.7 Å². The molecule has 0 radical (unpaired) electrons. The minimum Gasteiger partial charge on any atom is -0.465 e. The highest BCUT2D eigenvalue weighted by molar-refractivity contribution is 9.10. The van der Waals surface area contributed by atoms with Crippen LogP contribution in [0.25, 0.3) is 11.3 Å². The largest absolute Gasteiger partial charge is 0.465 e. The summed E-state index contributed by atoms with van der Waals surface area (Å²) in [4.78, 5) is 25.2. The van der Waals surface area contributed by atoms with E-state index in [4.69, 9.17) is 4.74 Å². The predicted molar refractivity (Wildman–Crippen MR) is 140 cm³/mol. The second kappa shape index (κ2) is 12.0. The molecule has 0 spiro atoms. The molecule has 0 saturated heterocycles. The molecule has 4 rings (SSSR count). The molecular weight excluding hydrogens is 585 g/mol. The van der Waals surface area contributed by atoms with Gasteiger partial charge in [0.2, 0.25) is 0 Å². The number of carbonyl (C=O) groups is 1. The maximum atomic E-state index is 13.5. The Morgan fingerprint density at radius 3 is 2.21 bits per heavy atom. The molecule has 4 aromatic rings. The van der Waals surface area contributed by atoms with Crippen molar-refractivity contribution < 1.29 is 32.6 Å². The zero-order valence-electron chi connectivity index (χ0n) is 20.1. The Balaban J connectivity index is 1.66. The average Bonchev–Trinajstić information content (AvgIpc) is 3.25. The molecule has 0 amide bonds. The number of rotatable bonds is 10. The number of ether oxygens (including phenoxy) is 1. The molecule has 38 heavy (non-hydrogen) atoms. The number of halogens is 3. The van der Waals surface area contributed by atoms with Gasteiger partial charge in [-0.15, -0.1) is 9.46 Å². The van der Waals surface area contributed by atoms with Crippen LogP contribution in [-0.2, 0) is 38.0 Å². The fraction of sp³-hybridized carbons (Fsp3) is 0.154. The van der Waals surface area contributed by atoms with E-state index in [1.54, 1.807) is 51.7 Å². The predicted octanol–water partition coefficient (Wildman–Crippen LogP) is 6.46. The molecule has 12 heteroatoms. The van der Waals surface area contributed by atoms with E-state index in [9.17, 15) is 23.2 Å². The lowest BCUT2D eigenvalue weighted by molar-refractivity contribution is -0.0881. The Morgan fingerprint density at radius 1 is 0.947 bits per heavy atom. The van der Waals surface area contributed by atoms with Gasteiger partial charge in [-0.2, -0.15) is 0 Å². The van der Waals surface area contributed by atoms with E-state index >= 15 is 0 Å². The first-order chi connectivity index (χ1) is 18.3. The zero-order chi connectivity index (χ0) is 27.3. The highest BCUT2D eigenvalue weighted by atomic mass is 79.9. The maximum absolute atomic E-state index is 13.5. The summed E-state index contributed by atoms with van der Waals surface area (Å²) in [6.07, 6.45) is 1.14. The van der Waals surface area contributed by atoms with E-state index in [1.807, 2.05) is 30.3 Å². The van der Waals surface area contributed by atoms with Crippen molar-refractivity contribution in [2.24, 2.45) is 0 Å². The van der Waals surface area contributed by atoms with Crippen molar-refractivity contribution >= 4 is 29.5 Å². The first-order valence-electron chi connectivity index (χ1n) is 11.3. The zero-order valence-corrected chi connectivity index (χ0v) is 22.5. The fourth-order valence-corrected chi connectivity index (χ4v) is 5.56. The lowest BCUT2D eigenvalue weighted by Gasteiger charge is -2.12. The first kappa shape index (κ1) is 27.7. The summed E-state index contributed by atoms with van der Waals surface area (Å²) in [5.74, 6) is -0.444. The van der Waals surface area contributed by atoms with E-state index in [-0.39, 0.29) is 18.8 Å².